The lowest BCUT2D eigenvalue weighted by atomic mass is 10.0. The van der Waals surface area contributed by atoms with Gasteiger partial charge in [-0.3, -0.25) is 4.79 Å². The number of hydrogen-bond acceptors (Lipinski definition) is 3. The molecular weight excluding hydrogens is 346 g/mol. The Morgan fingerprint density at radius 1 is 1.00 bits per heavy atom. The van der Waals surface area contributed by atoms with Crippen LogP contribution in [0.3, 0.4) is 0 Å². The molecule has 5 heteroatoms. The molecule has 26 heavy (non-hydrogen) atoms. The van der Waals surface area contributed by atoms with Crippen LogP contribution in [-0.4, -0.2) is 20.6 Å². The highest BCUT2D eigenvalue weighted by Crippen LogP contribution is 2.18. The van der Waals surface area contributed by atoms with Crippen molar-refractivity contribution in [1.82, 2.24) is 5.32 Å². The largest absolute Gasteiger partial charge is 0.346 e. The maximum absolute atomic E-state index is 12.2. The van der Waals surface area contributed by atoms with Crippen molar-refractivity contribution in [2.45, 2.75) is 38.6 Å². The molecule has 0 heterocycles. The van der Waals surface area contributed by atoms with Crippen molar-refractivity contribution in [2.75, 3.05) is 6.26 Å². The van der Waals surface area contributed by atoms with Crippen molar-refractivity contribution in [3.63, 3.8) is 0 Å². The SMILES string of the molecule is Cc1cc(C)c(/C=C/C(=O)NC(C)c2ccc(S(C)(=O)=O)cc2)cc1C. The summed E-state index contributed by atoms with van der Waals surface area (Å²) in [6, 6.07) is 10.5. The van der Waals surface area contributed by atoms with E-state index < -0.39 is 9.84 Å². The van der Waals surface area contributed by atoms with Gasteiger partial charge in [-0.2, -0.15) is 0 Å². The zero-order chi connectivity index (χ0) is 19.5. The minimum atomic E-state index is -3.22. The average Bonchev–Trinajstić information content (AvgIpc) is 2.56. The second-order valence-electron chi connectivity index (χ2n) is 6.70. The van der Waals surface area contributed by atoms with Gasteiger partial charge in [0.25, 0.3) is 0 Å². The summed E-state index contributed by atoms with van der Waals surface area (Å²) >= 11 is 0. The molecule has 0 bridgehead atoms. The zero-order valence-electron chi connectivity index (χ0n) is 15.8. The van der Waals surface area contributed by atoms with Gasteiger partial charge in [0.15, 0.2) is 9.84 Å². The molecule has 0 saturated heterocycles. The van der Waals surface area contributed by atoms with Gasteiger partial charge in [-0.15, -0.1) is 0 Å². The third-order valence-corrected chi connectivity index (χ3v) is 5.59. The van der Waals surface area contributed by atoms with Gasteiger partial charge in [-0.05, 0) is 73.7 Å². The van der Waals surface area contributed by atoms with Gasteiger partial charge in [0.2, 0.25) is 5.91 Å². The monoisotopic (exact) mass is 371 g/mol. The summed E-state index contributed by atoms with van der Waals surface area (Å²) in [4.78, 5) is 12.5. The lowest BCUT2D eigenvalue weighted by molar-refractivity contribution is -0.117. The lowest BCUT2D eigenvalue weighted by Gasteiger charge is -2.13. The molecule has 0 aliphatic rings. The van der Waals surface area contributed by atoms with E-state index in [-0.39, 0.29) is 16.8 Å². The topological polar surface area (TPSA) is 63.2 Å². The Bertz CT molecular complexity index is 942. The summed E-state index contributed by atoms with van der Waals surface area (Å²) in [5, 5.41) is 2.89. The fourth-order valence-corrected chi connectivity index (χ4v) is 3.31. The molecule has 0 aromatic heterocycles. The Labute approximate surface area is 155 Å². The average molecular weight is 372 g/mol. The minimum absolute atomic E-state index is 0.192. The van der Waals surface area contributed by atoms with Crippen molar-refractivity contribution >= 4 is 21.8 Å². The summed E-state index contributed by atoms with van der Waals surface area (Å²) in [7, 11) is -3.22. The normalized spacial score (nSPS) is 13.0. The van der Waals surface area contributed by atoms with E-state index in [0.717, 1.165) is 16.7 Å². The molecule has 0 fully saturated rings. The van der Waals surface area contributed by atoms with Crippen molar-refractivity contribution in [2.24, 2.45) is 0 Å². The lowest BCUT2D eigenvalue weighted by Crippen LogP contribution is -2.24. The predicted octanol–water partition coefficient (Wildman–Crippen LogP) is 3.91. The molecule has 0 aliphatic carbocycles. The van der Waals surface area contributed by atoms with Gasteiger partial charge in [-0.25, -0.2) is 8.42 Å². The predicted molar refractivity (Wildman–Crippen MR) is 106 cm³/mol. The van der Waals surface area contributed by atoms with Crippen molar-refractivity contribution in [1.29, 1.82) is 0 Å². The van der Waals surface area contributed by atoms with E-state index in [1.54, 1.807) is 24.3 Å². The van der Waals surface area contributed by atoms with Gasteiger partial charge < -0.3 is 5.32 Å². The molecule has 2 aromatic carbocycles. The Hall–Kier alpha value is -2.40. The number of aryl methyl sites for hydroxylation is 3. The van der Waals surface area contributed by atoms with Gasteiger partial charge in [0.05, 0.1) is 10.9 Å². The fourth-order valence-electron chi connectivity index (χ4n) is 2.68. The van der Waals surface area contributed by atoms with Crippen LogP contribution in [0.25, 0.3) is 6.08 Å². The smallest absolute Gasteiger partial charge is 0.244 e. The van der Waals surface area contributed by atoms with E-state index in [1.165, 1.54) is 23.5 Å². The highest BCUT2D eigenvalue weighted by atomic mass is 32.2. The second kappa shape index (κ2) is 7.87. The molecule has 1 N–H and O–H groups in total. The second-order valence-corrected chi connectivity index (χ2v) is 8.71. The summed E-state index contributed by atoms with van der Waals surface area (Å²) in [5.74, 6) is -0.192. The number of sulfone groups is 1. The minimum Gasteiger partial charge on any atom is -0.346 e. The Kier molecular flexibility index (Phi) is 6.03. The molecule has 0 saturated carbocycles. The first-order valence-corrected chi connectivity index (χ1v) is 10.3. The summed E-state index contributed by atoms with van der Waals surface area (Å²) in [6.45, 7) is 8.01. The fraction of sp³-hybridized carbons (Fsp3) is 0.286. The molecule has 0 radical (unpaired) electrons. The van der Waals surface area contributed by atoms with E-state index in [2.05, 4.69) is 31.3 Å². The Morgan fingerprint density at radius 3 is 2.15 bits per heavy atom. The van der Waals surface area contributed by atoms with Crippen LogP contribution < -0.4 is 5.32 Å². The Balaban J connectivity index is 2.06. The summed E-state index contributed by atoms with van der Waals surface area (Å²) in [5.41, 5.74) is 5.42. The van der Waals surface area contributed by atoms with Crippen LogP contribution in [0.1, 0.15) is 40.8 Å². The van der Waals surface area contributed by atoms with Crippen LogP contribution in [0.2, 0.25) is 0 Å². The first-order valence-electron chi connectivity index (χ1n) is 8.44. The zero-order valence-corrected chi connectivity index (χ0v) is 16.6. The van der Waals surface area contributed by atoms with Gasteiger partial charge in [-0.1, -0.05) is 24.3 Å². The molecule has 2 aromatic rings. The maximum atomic E-state index is 12.2. The number of carbonyl (C=O) groups excluding carboxylic acids is 1. The standard InChI is InChI=1S/C21H25NO3S/c1-14-12-16(3)19(13-15(14)2)8-11-21(23)22-17(4)18-6-9-20(10-7-18)26(5,24)25/h6-13,17H,1-5H3,(H,22,23)/b11-8+. The Morgan fingerprint density at radius 2 is 1.58 bits per heavy atom. The van der Waals surface area contributed by atoms with E-state index in [4.69, 9.17) is 0 Å². The maximum Gasteiger partial charge on any atom is 0.244 e. The number of amides is 1. The molecule has 1 unspecified atom stereocenters. The van der Waals surface area contributed by atoms with E-state index in [0.29, 0.717) is 0 Å². The van der Waals surface area contributed by atoms with Crippen LogP contribution in [0.4, 0.5) is 0 Å². The highest BCUT2D eigenvalue weighted by molar-refractivity contribution is 7.90. The molecule has 2 rings (SSSR count). The first kappa shape index (κ1) is 19.9. The number of rotatable bonds is 5. The van der Waals surface area contributed by atoms with Crippen LogP contribution in [0, 0.1) is 20.8 Å². The molecule has 4 nitrogen and oxygen atoms in total. The quantitative estimate of drug-likeness (QED) is 0.811. The molecule has 0 aliphatic heterocycles. The van der Waals surface area contributed by atoms with E-state index in [9.17, 15) is 13.2 Å². The summed E-state index contributed by atoms with van der Waals surface area (Å²) < 4.78 is 23.0. The van der Waals surface area contributed by atoms with Crippen LogP contribution in [0.5, 0.6) is 0 Å². The first-order chi connectivity index (χ1) is 12.1. The van der Waals surface area contributed by atoms with Crippen molar-refractivity contribution in [3.05, 3.63) is 70.3 Å². The van der Waals surface area contributed by atoms with Gasteiger partial charge in [0, 0.05) is 12.3 Å². The van der Waals surface area contributed by atoms with Crippen LogP contribution in [-0.2, 0) is 14.6 Å². The van der Waals surface area contributed by atoms with Gasteiger partial charge >= 0.3 is 0 Å². The molecule has 1 amide bonds. The van der Waals surface area contributed by atoms with Gasteiger partial charge in [0.1, 0.15) is 0 Å². The van der Waals surface area contributed by atoms with Crippen molar-refractivity contribution < 1.29 is 13.2 Å². The molecule has 1 atom stereocenters. The van der Waals surface area contributed by atoms with Crippen LogP contribution >= 0.6 is 0 Å². The third kappa shape index (κ3) is 5.05. The summed E-state index contributed by atoms with van der Waals surface area (Å²) in [6.07, 6.45) is 4.52. The number of nitrogens with one attached hydrogen (secondary N) is 1. The molecular formula is C21H25NO3S. The third-order valence-electron chi connectivity index (χ3n) is 4.46. The van der Waals surface area contributed by atoms with E-state index >= 15 is 0 Å². The number of hydrogen-bond donors (Lipinski definition) is 1. The number of benzene rings is 2. The molecule has 0 spiro atoms. The highest BCUT2D eigenvalue weighted by Gasteiger charge is 2.11. The molecule has 138 valence electrons. The van der Waals surface area contributed by atoms with E-state index in [1.807, 2.05) is 19.9 Å². The van der Waals surface area contributed by atoms with Crippen LogP contribution in [0.15, 0.2) is 47.4 Å². The van der Waals surface area contributed by atoms with Crippen molar-refractivity contribution in [3.8, 4) is 0 Å². The number of carbonyl (C=O) groups is 1.